The molecule has 1 aromatic heterocycles. The zero-order valence-corrected chi connectivity index (χ0v) is 9.97. The summed E-state index contributed by atoms with van der Waals surface area (Å²) in [6.07, 6.45) is 2.77. The summed E-state index contributed by atoms with van der Waals surface area (Å²) in [5, 5.41) is 8.87. The Hall–Kier alpha value is -1.39. The number of rotatable bonds is 2. The number of hydrogen-bond donors (Lipinski definition) is 0. The van der Waals surface area contributed by atoms with Crippen LogP contribution in [0.4, 0.5) is 0 Å². The summed E-state index contributed by atoms with van der Waals surface area (Å²) in [7, 11) is 0. The zero-order chi connectivity index (χ0) is 11.7. The van der Waals surface area contributed by atoms with Gasteiger partial charge in [-0.15, -0.1) is 10.2 Å². The lowest BCUT2D eigenvalue weighted by Crippen LogP contribution is -2.09. The molecule has 0 N–H and O–H groups in total. The van der Waals surface area contributed by atoms with Crippen LogP contribution in [0.2, 0.25) is 5.02 Å². The van der Waals surface area contributed by atoms with E-state index >= 15 is 0 Å². The van der Waals surface area contributed by atoms with Crippen LogP contribution in [0.5, 0.6) is 0 Å². The van der Waals surface area contributed by atoms with Gasteiger partial charge in [-0.1, -0.05) is 23.7 Å². The van der Waals surface area contributed by atoms with E-state index in [-0.39, 0.29) is 0 Å². The van der Waals surface area contributed by atoms with E-state index < -0.39 is 0 Å². The van der Waals surface area contributed by atoms with Gasteiger partial charge in [0.1, 0.15) is 6.33 Å². The van der Waals surface area contributed by atoms with Crippen LogP contribution in [0.1, 0.15) is 12.5 Å². The maximum Gasteiger partial charge on any atom is 0.164 e. The lowest BCUT2D eigenvalue weighted by Gasteiger charge is -2.12. The van der Waals surface area contributed by atoms with Crippen molar-refractivity contribution < 1.29 is 4.74 Å². The molecule has 0 bridgehead atoms. The molecule has 0 amide bonds. The van der Waals surface area contributed by atoms with Gasteiger partial charge in [-0.2, -0.15) is 0 Å². The minimum Gasteiger partial charge on any atom is -0.379 e. The standard InChI is InChI=1S/C12H12ClN3O/c13-10-3-1-2-9(6-10)12-15-14-8-16(12)11-4-5-17-7-11/h1-3,6,8,11H,4-5,7H2. The van der Waals surface area contributed by atoms with Gasteiger partial charge >= 0.3 is 0 Å². The molecule has 1 aromatic carbocycles. The highest BCUT2D eigenvalue weighted by Gasteiger charge is 2.21. The molecule has 3 rings (SSSR count). The molecule has 1 unspecified atom stereocenters. The SMILES string of the molecule is Clc1cccc(-c2nncn2C2CCOC2)c1. The van der Waals surface area contributed by atoms with E-state index in [1.54, 1.807) is 6.33 Å². The Balaban J connectivity index is 2.00. The van der Waals surface area contributed by atoms with Crippen LogP contribution in [-0.4, -0.2) is 28.0 Å². The molecule has 1 aliphatic heterocycles. The average molecular weight is 250 g/mol. The lowest BCUT2D eigenvalue weighted by atomic mass is 10.2. The summed E-state index contributed by atoms with van der Waals surface area (Å²) in [6, 6.07) is 7.99. The minimum atomic E-state index is 0.332. The Morgan fingerprint density at radius 3 is 3.12 bits per heavy atom. The topological polar surface area (TPSA) is 39.9 Å². The van der Waals surface area contributed by atoms with Crippen molar-refractivity contribution in [1.29, 1.82) is 0 Å². The van der Waals surface area contributed by atoms with E-state index in [1.807, 2.05) is 24.3 Å². The molecule has 1 atom stereocenters. The van der Waals surface area contributed by atoms with Crippen molar-refractivity contribution in [3.63, 3.8) is 0 Å². The maximum absolute atomic E-state index is 5.99. The highest BCUT2D eigenvalue weighted by Crippen LogP contribution is 2.26. The van der Waals surface area contributed by atoms with E-state index in [0.29, 0.717) is 11.1 Å². The van der Waals surface area contributed by atoms with Crippen molar-refractivity contribution in [3.05, 3.63) is 35.6 Å². The number of benzene rings is 1. The van der Waals surface area contributed by atoms with Crippen LogP contribution in [0.3, 0.4) is 0 Å². The van der Waals surface area contributed by atoms with Gasteiger partial charge in [0.2, 0.25) is 0 Å². The second-order valence-corrected chi connectivity index (χ2v) is 4.53. The molecule has 1 fully saturated rings. The van der Waals surface area contributed by atoms with Crippen molar-refractivity contribution in [3.8, 4) is 11.4 Å². The largest absolute Gasteiger partial charge is 0.379 e. The first-order valence-corrected chi connectivity index (χ1v) is 5.95. The van der Waals surface area contributed by atoms with Gasteiger partial charge in [-0.05, 0) is 18.6 Å². The van der Waals surface area contributed by atoms with Crippen LogP contribution in [0.25, 0.3) is 11.4 Å². The summed E-state index contributed by atoms with van der Waals surface area (Å²) in [6.45, 7) is 1.53. The first-order chi connectivity index (χ1) is 8.34. The Morgan fingerprint density at radius 1 is 1.41 bits per heavy atom. The molecule has 0 spiro atoms. The van der Waals surface area contributed by atoms with E-state index in [1.165, 1.54) is 0 Å². The molecule has 2 aromatic rings. The van der Waals surface area contributed by atoms with Gasteiger partial charge in [0.15, 0.2) is 5.82 Å². The highest BCUT2D eigenvalue weighted by molar-refractivity contribution is 6.30. The van der Waals surface area contributed by atoms with Crippen LogP contribution in [0.15, 0.2) is 30.6 Å². The summed E-state index contributed by atoms with van der Waals surface area (Å²) < 4.78 is 7.46. The minimum absolute atomic E-state index is 0.332. The van der Waals surface area contributed by atoms with Crippen LogP contribution < -0.4 is 0 Å². The Bertz CT molecular complexity index is 520. The smallest absolute Gasteiger partial charge is 0.164 e. The van der Waals surface area contributed by atoms with Crippen LogP contribution >= 0.6 is 11.6 Å². The Morgan fingerprint density at radius 2 is 2.35 bits per heavy atom. The number of nitrogens with zero attached hydrogens (tertiary/aromatic N) is 3. The third-order valence-electron chi connectivity index (χ3n) is 2.95. The van der Waals surface area contributed by atoms with Crippen molar-refractivity contribution in [2.75, 3.05) is 13.2 Å². The molecule has 1 saturated heterocycles. The summed E-state index contributed by atoms with van der Waals surface area (Å²) in [5.41, 5.74) is 0.988. The fourth-order valence-corrected chi connectivity index (χ4v) is 2.28. The van der Waals surface area contributed by atoms with Crippen molar-refractivity contribution in [2.45, 2.75) is 12.5 Å². The number of ether oxygens (including phenoxy) is 1. The first-order valence-electron chi connectivity index (χ1n) is 5.58. The lowest BCUT2D eigenvalue weighted by molar-refractivity contribution is 0.187. The van der Waals surface area contributed by atoms with Crippen molar-refractivity contribution in [1.82, 2.24) is 14.8 Å². The third-order valence-corrected chi connectivity index (χ3v) is 3.19. The van der Waals surface area contributed by atoms with Crippen LogP contribution in [-0.2, 0) is 4.74 Å². The van der Waals surface area contributed by atoms with Gasteiger partial charge < -0.3 is 9.30 Å². The second kappa shape index (κ2) is 4.47. The predicted molar refractivity (Wildman–Crippen MR) is 64.9 cm³/mol. The molecule has 88 valence electrons. The number of halogens is 1. The van der Waals surface area contributed by atoms with Gasteiger partial charge in [0.25, 0.3) is 0 Å². The molecule has 5 heteroatoms. The van der Waals surface area contributed by atoms with Crippen molar-refractivity contribution in [2.24, 2.45) is 0 Å². The summed E-state index contributed by atoms with van der Waals surface area (Å²) in [4.78, 5) is 0. The quantitative estimate of drug-likeness (QED) is 0.821. The molecular formula is C12H12ClN3O. The molecule has 0 saturated carbocycles. The molecule has 2 heterocycles. The second-order valence-electron chi connectivity index (χ2n) is 4.09. The van der Waals surface area contributed by atoms with Gasteiger partial charge in [0, 0.05) is 17.2 Å². The van der Waals surface area contributed by atoms with Crippen molar-refractivity contribution >= 4 is 11.6 Å². The highest BCUT2D eigenvalue weighted by atomic mass is 35.5. The third kappa shape index (κ3) is 2.06. The number of aromatic nitrogens is 3. The fraction of sp³-hybridized carbons (Fsp3) is 0.333. The van der Waals surface area contributed by atoms with Gasteiger partial charge in [0.05, 0.1) is 12.6 Å². The molecule has 1 aliphatic rings. The maximum atomic E-state index is 5.99. The fourth-order valence-electron chi connectivity index (χ4n) is 2.09. The zero-order valence-electron chi connectivity index (χ0n) is 9.21. The van der Waals surface area contributed by atoms with Gasteiger partial charge in [-0.25, -0.2) is 0 Å². The molecule has 0 radical (unpaired) electrons. The molecular weight excluding hydrogens is 238 g/mol. The predicted octanol–water partition coefficient (Wildman–Crippen LogP) is 2.56. The summed E-state index contributed by atoms with van der Waals surface area (Å²) >= 11 is 5.99. The van der Waals surface area contributed by atoms with E-state index in [2.05, 4.69) is 14.8 Å². The van der Waals surface area contributed by atoms with Gasteiger partial charge in [-0.3, -0.25) is 0 Å². The normalized spacial score (nSPS) is 19.7. The molecule has 4 nitrogen and oxygen atoms in total. The molecule has 17 heavy (non-hydrogen) atoms. The van der Waals surface area contributed by atoms with Crippen LogP contribution in [0, 0.1) is 0 Å². The van der Waals surface area contributed by atoms with E-state index in [9.17, 15) is 0 Å². The average Bonchev–Trinajstić information content (AvgIpc) is 3.00. The first kappa shape index (κ1) is 10.7. The number of hydrogen-bond acceptors (Lipinski definition) is 3. The van der Waals surface area contributed by atoms with E-state index in [4.69, 9.17) is 16.3 Å². The van der Waals surface area contributed by atoms with E-state index in [0.717, 1.165) is 31.0 Å². The monoisotopic (exact) mass is 249 g/mol. The molecule has 0 aliphatic carbocycles. The Kier molecular flexibility index (Phi) is 2.82. The Labute approximate surface area is 104 Å². The summed E-state index contributed by atoms with van der Waals surface area (Å²) in [5.74, 6) is 0.850.